The fourth-order valence-corrected chi connectivity index (χ4v) is 2.38. The van der Waals surface area contributed by atoms with Crippen LogP contribution in [0.15, 0.2) is 23.3 Å². The summed E-state index contributed by atoms with van der Waals surface area (Å²) in [6.07, 6.45) is 4.76. The van der Waals surface area contributed by atoms with Gasteiger partial charge in [0.2, 0.25) is 0 Å². The molecule has 1 rings (SSSR count). The van der Waals surface area contributed by atoms with Gasteiger partial charge >= 0.3 is 0 Å². The number of hydrogen-bond donors (Lipinski definition) is 1. The van der Waals surface area contributed by atoms with Crippen LogP contribution in [0.3, 0.4) is 0 Å². The summed E-state index contributed by atoms with van der Waals surface area (Å²) in [6, 6.07) is 0. The molecule has 0 unspecified atom stereocenters. The van der Waals surface area contributed by atoms with Crippen molar-refractivity contribution in [3.63, 3.8) is 0 Å². The molecule has 84 valence electrons. The molecule has 0 fully saturated rings. The van der Waals surface area contributed by atoms with Crippen molar-refractivity contribution in [2.75, 3.05) is 0 Å². The number of aliphatic hydroxyl groups is 1. The molecule has 0 saturated heterocycles. The zero-order chi connectivity index (χ0) is 11.6. The predicted octanol–water partition coefficient (Wildman–Crippen LogP) is 2.63. The zero-order valence-electron chi connectivity index (χ0n) is 10.0. The standard InChI is InChI=1S/C13H20O2/c1-9-7-11(15)8-13(3,4)12(9)6-5-10(2)14/h5-6,11,15H,7-8H2,1-4H3/t11-/m1/s1. The minimum Gasteiger partial charge on any atom is -0.393 e. The summed E-state index contributed by atoms with van der Waals surface area (Å²) in [5, 5.41) is 9.69. The van der Waals surface area contributed by atoms with Gasteiger partial charge in [-0.2, -0.15) is 0 Å². The average molecular weight is 208 g/mol. The highest BCUT2D eigenvalue weighted by Crippen LogP contribution is 2.40. The predicted molar refractivity (Wildman–Crippen MR) is 61.5 cm³/mol. The Kier molecular flexibility index (Phi) is 3.50. The number of carbonyl (C=O) groups excluding carboxylic acids is 1. The summed E-state index contributed by atoms with van der Waals surface area (Å²) in [5.74, 6) is 0.0669. The van der Waals surface area contributed by atoms with Crippen LogP contribution in [0.4, 0.5) is 0 Å². The van der Waals surface area contributed by atoms with E-state index >= 15 is 0 Å². The number of rotatable bonds is 2. The first kappa shape index (κ1) is 12.2. The molecule has 2 nitrogen and oxygen atoms in total. The summed E-state index contributed by atoms with van der Waals surface area (Å²) < 4.78 is 0. The van der Waals surface area contributed by atoms with Gasteiger partial charge in [0.15, 0.2) is 5.78 Å². The maximum atomic E-state index is 10.9. The van der Waals surface area contributed by atoms with Gasteiger partial charge in [-0.1, -0.05) is 25.5 Å². The van der Waals surface area contributed by atoms with E-state index in [4.69, 9.17) is 0 Å². The van der Waals surface area contributed by atoms with E-state index in [1.165, 1.54) is 11.1 Å². The molecule has 0 aromatic heterocycles. The molecule has 0 heterocycles. The molecule has 0 bridgehead atoms. The van der Waals surface area contributed by atoms with Crippen molar-refractivity contribution in [1.82, 2.24) is 0 Å². The van der Waals surface area contributed by atoms with Crippen molar-refractivity contribution >= 4 is 5.78 Å². The highest BCUT2D eigenvalue weighted by atomic mass is 16.3. The van der Waals surface area contributed by atoms with Crippen molar-refractivity contribution in [2.24, 2.45) is 5.41 Å². The van der Waals surface area contributed by atoms with Crippen molar-refractivity contribution < 1.29 is 9.90 Å². The van der Waals surface area contributed by atoms with Crippen LogP contribution in [-0.2, 0) is 4.79 Å². The fourth-order valence-electron chi connectivity index (χ4n) is 2.38. The number of carbonyl (C=O) groups is 1. The van der Waals surface area contributed by atoms with Gasteiger partial charge in [0, 0.05) is 0 Å². The molecule has 0 saturated carbocycles. The van der Waals surface area contributed by atoms with Crippen molar-refractivity contribution in [3.05, 3.63) is 23.3 Å². The summed E-state index contributed by atoms with van der Waals surface area (Å²) in [7, 11) is 0. The molecule has 1 aliphatic carbocycles. The molecule has 0 aliphatic heterocycles. The van der Waals surface area contributed by atoms with Crippen LogP contribution in [0.1, 0.15) is 40.5 Å². The molecule has 2 heteroatoms. The van der Waals surface area contributed by atoms with Gasteiger partial charge in [0.1, 0.15) is 0 Å². The summed E-state index contributed by atoms with van der Waals surface area (Å²) in [4.78, 5) is 10.9. The quantitative estimate of drug-likeness (QED) is 0.708. The lowest BCUT2D eigenvalue weighted by atomic mass is 9.71. The van der Waals surface area contributed by atoms with Crippen LogP contribution >= 0.6 is 0 Å². The third kappa shape index (κ3) is 3.03. The van der Waals surface area contributed by atoms with Crippen LogP contribution in [-0.4, -0.2) is 17.0 Å². The second-order valence-electron chi connectivity index (χ2n) is 5.08. The van der Waals surface area contributed by atoms with E-state index in [1.54, 1.807) is 13.0 Å². The first-order valence-electron chi connectivity index (χ1n) is 5.40. The molecule has 1 N–H and O–H groups in total. The summed E-state index contributed by atoms with van der Waals surface area (Å²) in [5.41, 5.74) is 2.35. The number of ketones is 1. The fraction of sp³-hybridized carbons (Fsp3) is 0.615. The van der Waals surface area contributed by atoms with Gasteiger partial charge in [0.25, 0.3) is 0 Å². The molecule has 0 aromatic rings. The second-order valence-corrected chi connectivity index (χ2v) is 5.08. The lowest BCUT2D eigenvalue weighted by Gasteiger charge is -2.35. The molecule has 0 radical (unpaired) electrons. The molecular weight excluding hydrogens is 188 g/mol. The van der Waals surface area contributed by atoms with Gasteiger partial charge < -0.3 is 5.11 Å². The van der Waals surface area contributed by atoms with Crippen LogP contribution in [0, 0.1) is 5.41 Å². The average Bonchev–Trinajstić information content (AvgIpc) is 1.98. The Hall–Kier alpha value is -0.890. The second kappa shape index (κ2) is 4.31. The number of aliphatic hydroxyl groups excluding tert-OH is 1. The van der Waals surface area contributed by atoms with Crippen LogP contribution in [0.5, 0.6) is 0 Å². The SMILES string of the molecule is CC(=O)C=CC1=C(C)C[C@@H](O)CC1(C)C. The Morgan fingerprint density at radius 2 is 2.13 bits per heavy atom. The Labute approximate surface area is 91.7 Å². The molecule has 15 heavy (non-hydrogen) atoms. The van der Waals surface area contributed by atoms with E-state index in [1.807, 2.05) is 13.0 Å². The van der Waals surface area contributed by atoms with E-state index in [-0.39, 0.29) is 17.3 Å². The lowest BCUT2D eigenvalue weighted by molar-refractivity contribution is -0.112. The van der Waals surface area contributed by atoms with E-state index in [0.717, 1.165) is 12.8 Å². The molecule has 0 spiro atoms. The number of allylic oxidation sites excluding steroid dienone is 3. The Bertz CT molecular complexity index is 321. The maximum Gasteiger partial charge on any atom is 0.152 e. The number of hydrogen-bond acceptors (Lipinski definition) is 2. The third-order valence-electron chi connectivity index (χ3n) is 2.96. The highest BCUT2D eigenvalue weighted by Gasteiger charge is 2.31. The Morgan fingerprint density at radius 1 is 1.53 bits per heavy atom. The minimum absolute atomic E-state index is 0.0340. The van der Waals surface area contributed by atoms with Gasteiger partial charge in [-0.05, 0) is 43.8 Å². The zero-order valence-corrected chi connectivity index (χ0v) is 10.0. The van der Waals surface area contributed by atoms with Crippen molar-refractivity contribution in [3.8, 4) is 0 Å². The highest BCUT2D eigenvalue weighted by molar-refractivity contribution is 5.87. The van der Waals surface area contributed by atoms with Crippen molar-refractivity contribution in [1.29, 1.82) is 0 Å². The lowest BCUT2D eigenvalue weighted by Crippen LogP contribution is -2.28. The van der Waals surface area contributed by atoms with Gasteiger partial charge in [0.05, 0.1) is 6.10 Å². The van der Waals surface area contributed by atoms with Gasteiger partial charge in [-0.15, -0.1) is 0 Å². The first-order valence-corrected chi connectivity index (χ1v) is 5.40. The molecule has 1 aliphatic rings. The van der Waals surface area contributed by atoms with Crippen LogP contribution < -0.4 is 0 Å². The first-order chi connectivity index (χ1) is 6.83. The largest absolute Gasteiger partial charge is 0.393 e. The minimum atomic E-state index is -0.241. The monoisotopic (exact) mass is 208 g/mol. The van der Waals surface area contributed by atoms with E-state index in [9.17, 15) is 9.90 Å². The molecule has 0 aromatic carbocycles. The summed E-state index contributed by atoms with van der Waals surface area (Å²) in [6.45, 7) is 7.80. The van der Waals surface area contributed by atoms with E-state index < -0.39 is 0 Å². The van der Waals surface area contributed by atoms with Crippen LogP contribution in [0.25, 0.3) is 0 Å². The smallest absolute Gasteiger partial charge is 0.152 e. The Morgan fingerprint density at radius 3 is 2.60 bits per heavy atom. The maximum absolute atomic E-state index is 10.9. The van der Waals surface area contributed by atoms with Crippen LogP contribution in [0.2, 0.25) is 0 Å². The molecular formula is C13H20O2. The van der Waals surface area contributed by atoms with Gasteiger partial charge in [-0.25, -0.2) is 0 Å². The summed E-state index contributed by atoms with van der Waals surface area (Å²) >= 11 is 0. The topological polar surface area (TPSA) is 37.3 Å². The Balaban J connectivity index is 3.01. The van der Waals surface area contributed by atoms with Crippen molar-refractivity contribution in [2.45, 2.75) is 46.6 Å². The third-order valence-corrected chi connectivity index (χ3v) is 2.96. The van der Waals surface area contributed by atoms with Gasteiger partial charge in [-0.3, -0.25) is 4.79 Å². The van der Waals surface area contributed by atoms with E-state index in [0.29, 0.717) is 0 Å². The van der Waals surface area contributed by atoms with E-state index in [2.05, 4.69) is 13.8 Å². The molecule has 0 amide bonds. The normalized spacial score (nSPS) is 26.1. The molecule has 1 atom stereocenters.